The molecule has 28 heavy (non-hydrogen) atoms. The number of carbonyl (C=O) groups excluding carboxylic acids is 1. The predicted molar refractivity (Wildman–Crippen MR) is 104 cm³/mol. The second-order valence-corrected chi connectivity index (χ2v) is 8.01. The van der Waals surface area contributed by atoms with Crippen LogP contribution in [0.25, 0.3) is 0 Å². The first-order chi connectivity index (χ1) is 13.7. The molecule has 0 unspecified atom stereocenters. The Morgan fingerprint density at radius 1 is 1.00 bits per heavy atom. The summed E-state index contributed by atoms with van der Waals surface area (Å²) in [5, 5.41) is 0. The molecule has 4 aliphatic heterocycles. The van der Waals surface area contributed by atoms with Crippen LogP contribution in [0.5, 0.6) is 11.7 Å². The van der Waals surface area contributed by atoms with Gasteiger partial charge in [-0.25, -0.2) is 0 Å². The highest BCUT2D eigenvalue weighted by molar-refractivity contribution is 5.92. The zero-order valence-electron chi connectivity index (χ0n) is 16.3. The molecule has 148 valence electrons. The number of amides is 1. The zero-order valence-corrected chi connectivity index (χ0v) is 16.3. The summed E-state index contributed by atoms with van der Waals surface area (Å²) in [6.07, 6.45) is 2.34. The third kappa shape index (κ3) is 2.70. The van der Waals surface area contributed by atoms with Crippen molar-refractivity contribution in [3.05, 3.63) is 47.7 Å². The summed E-state index contributed by atoms with van der Waals surface area (Å²) in [5.74, 6) is 2.45. The number of likely N-dealkylation sites (tertiary alicyclic amines) is 1. The number of nitrogens with zero attached hydrogens (tertiary/aromatic N) is 2. The summed E-state index contributed by atoms with van der Waals surface area (Å²) in [4.78, 5) is 18.0. The van der Waals surface area contributed by atoms with E-state index in [9.17, 15) is 4.79 Å². The number of ether oxygens (including phenoxy) is 2. The van der Waals surface area contributed by atoms with E-state index >= 15 is 0 Å². The van der Waals surface area contributed by atoms with Crippen LogP contribution in [0.2, 0.25) is 0 Å². The Hall–Kier alpha value is -2.47. The molecule has 2 aromatic rings. The maximum Gasteiger partial charge on any atom is 0.290 e. The highest BCUT2D eigenvalue weighted by Gasteiger charge is 2.55. The molecular formula is C22H26N2O4. The first kappa shape index (κ1) is 17.6. The van der Waals surface area contributed by atoms with Crippen molar-refractivity contribution in [2.24, 2.45) is 5.92 Å². The Morgan fingerprint density at radius 3 is 2.39 bits per heavy atom. The second kappa shape index (κ2) is 6.85. The van der Waals surface area contributed by atoms with Gasteiger partial charge >= 0.3 is 0 Å². The minimum absolute atomic E-state index is 0.0249. The van der Waals surface area contributed by atoms with Gasteiger partial charge in [0, 0.05) is 24.6 Å². The van der Waals surface area contributed by atoms with E-state index in [-0.39, 0.29) is 11.9 Å². The first-order valence-electron chi connectivity index (χ1n) is 10.0. The predicted octanol–water partition coefficient (Wildman–Crippen LogP) is 3.00. The number of carbonyl (C=O) groups is 1. The Morgan fingerprint density at radius 2 is 1.75 bits per heavy atom. The number of fused-ring (bicyclic) bond motifs is 2. The summed E-state index contributed by atoms with van der Waals surface area (Å²) in [6.45, 7) is 2.99. The van der Waals surface area contributed by atoms with Crippen molar-refractivity contribution >= 4 is 5.91 Å². The smallest absolute Gasteiger partial charge is 0.290 e. The van der Waals surface area contributed by atoms with Crippen molar-refractivity contribution in [1.82, 2.24) is 9.80 Å². The fourth-order valence-electron chi connectivity index (χ4n) is 5.49. The van der Waals surface area contributed by atoms with Gasteiger partial charge in [-0.2, -0.15) is 0 Å². The van der Waals surface area contributed by atoms with Crippen molar-refractivity contribution in [3.63, 3.8) is 0 Å². The van der Waals surface area contributed by atoms with E-state index in [1.807, 2.05) is 12.1 Å². The van der Waals surface area contributed by atoms with Crippen LogP contribution in [0, 0.1) is 5.92 Å². The topological polar surface area (TPSA) is 55.1 Å². The molecule has 1 amide bonds. The van der Waals surface area contributed by atoms with Crippen LogP contribution in [0.4, 0.5) is 0 Å². The van der Waals surface area contributed by atoms with Gasteiger partial charge in [0.25, 0.3) is 11.9 Å². The molecule has 4 saturated heterocycles. The maximum absolute atomic E-state index is 13.3. The minimum atomic E-state index is -0.0249. The van der Waals surface area contributed by atoms with Crippen LogP contribution in [-0.2, 0) is 0 Å². The third-order valence-corrected chi connectivity index (χ3v) is 6.79. The van der Waals surface area contributed by atoms with Crippen LogP contribution in [0.3, 0.4) is 0 Å². The molecule has 4 fully saturated rings. The van der Waals surface area contributed by atoms with Crippen molar-refractivity contribution < 1.29 is 18.7 Å². The number of hydrogen-bond acceptors (Lipinski definition) is 5. The molecule has 0 spiro atoms. The molecule has 0 aliphatic carbocycles. The van der Waals surface area contributed by atoms with Crippen molar-refractivity contribution in [2.45, 2.75) is 30.8 Å². The highest BCUT2D eigenvalue weighted by atomic mass is 16.6. The largest absolute Gasteiger partial charge is 0.497 e. The Bertz CT molecular complexity index is 854. The Labute approximate surface area is 165 Å². The zero-order chi connectivity index (χ0) is 19.3. The molecule has 2 bridgehead atoms. The minimum Gasteiger partial charge on any atom is -0.497 e. The van der Waals surface area contributed by atoms with E-state index in [4.69, 9.17) is 13.9 Å². The van der Waals surface area contributed by atoms with Crippen molar-refractivity contribution in [1.29, 1.82) is 0 Å². The fraction of sp³-hybridized carbons (Fsp3) is 0.500. The van der Waals surface area contributed by atoms with Gasteiger partial charge in [0.1, 0.15) is 5.75 Å². The summed E-state index contributed by atoms with van der Waals surface area (Å²) < 4.78 is 16.0. The number of methoxy groups -OCH3 is 2. The standard InChI is InChI=1S/C22H26N2O4/c1-26-16-5-3-14(4-6-16)17-13-24(22(25)18-7-8-19(27-2)28-18)20-15-9-11-23(12-10-15)21(17)20/h3-8,15,17,20-21H,9-13H2,1-2H3/t17-,20+,21+/m0/s1. The molecule has 0 N–H and O–H groups in total. The van der Waals surface area contributed by atoms with Crippen LogP contribution in [0.15, 0.2) is 40.8 Å². The van der Waals surface area contributed by atoms with E-state index in [1.54, 1.807) is 26.4 Å². The summed E-state index contributed by atoms with van der Waals surface area (Å²) >= 11 is 0. The first-order valence-corrected chi connectivity index (χ1v) is 10.0. The molecule has 1 aromatic carbocycles. The average Bonchev–Trinajstić information content (AvgIpc) is 3.40. The van der Waals surface area contributed by atoms with Gasteiger partial charge in [-0.3, -0.25) is 9.69 Å². The van der Waals surface area contributed by atoms with Gasteiger partial charge in [0.2, 0.25) is 0 Å². The lowest BCUT2D eigenvalue weighted by Crippen LogP contribution is -2.60. The normalized spacial score (nSPS) is 30.9. The molecule has 6 rings (SSSR count). The molecule has 1 aromatic heterocycles. The van der Waals surface area contributed by atoms with Crippen LogP contribution in [-0.4, -0.2) is 61.6 Å². The van der Waals surface area contributed by atoms with Gasteiger partial charge in [0.05, 0.1) is 20.3 Å². The lowest BCUT2D eigenvalue weighted by atomic mass is 9.75. The number of rotatable bonds is 4. The molecule has 5 heterocycles. The summed E-state index contributed by atoms with van der Waals surface area (Å²) in [7, 11) is 3.23. The molecule has 3 atom stereocenters. The average molecular weight is 382 g/mol. The number of benzene rings is 1. The highest BCUT2D eigenvalue weighted by Crippen LogP contribution is 2.47. The SMILES string of the molecule is COc1ccc([C@@H]2CN(C(=O)c3ccc(OC)o3)[C@@H]3C4CCN(CC4)[C@@H]32)cc1. The van der Waals surface area contributed by atoms with Crippen LogP contribution < -0.4 is 9.47 Å². The quantitative estimate of drug-likeness (QED) is 0.814. The van der Waals surface area contributed by atoms with Crippen molar-refractivity contribution in [2.75, 3.05) is 33.9 Å². The number of piperidine rings is 3. The lowest BCUT2D eigenvalue weighted by Gasteiger charge is -2.51. The van der Waals surface area contributed by atoms with E-state index < -0.39 is 0 Å². The molecule has 0 radical (unpaired) electrons. The summed E-state index contributed by atoms with van der Waals surface area (Å²) in [5.41, 5.74) is 1.27. The fourth-order valence-corrected chi connectivity index (χ4v) is 5.49. The molecular weight excluding hydrogens is 356 g/mol. The number of furan rings is 1. The second-order valence-electron chi connectivity index (χ2n) is 8.01. The Kier molecular flexibility index (Phi) is 4.31. The van der Waals surface area contributed by atoms with E-state index in [1.165, 1.54) is 18.4 Å². The van der Waals surface area contributed by atoms with Crippen molar-refractivity contribution in [3.8, 4) is 11.7 Å². The Balaban J connectivity index is 1.48. The van der Waals surface area contributed by atoms with E-state index in [0.717, 1.165) is 25.4 Å². The third-order valence-electron chi connectivity index (χ3n) is 6.79. The van der Waals surface area contributed by atoms with Gasteiger partial charge < -0.3 is 18.8 Å². The van der Waals surface area contributed by atoms with E-state index in [0.29, 0.717) is 29.6 Å². The summed E-state index contributed by atoms with van der Waals surface area (Å²) in [6, 6.07) is 12.4. The molecule has 6 nitrogen and oxygen atoms in total. The van der Waals surface area contributed by atoms with Crippen LogP contribution in [0.1, 0.15) is 34.9 Å². The van der Waals surface area contributed by atoms with Gasteiger partial charge in [-0.1, -0.05) is 12.1 Å². The van der Waals surface area contributed by atoms with Gasteiger partial charge in [0.15, 0.2) is 5.76 Å². The van der Waals surface area contributed by atoms with Gasteiger partial charge in [-0.15, -0.1) is 0 Å². The lowest BCUT2D eigenvalue weighted by molar-refractivity contribution is -0.00439. The van der Waals surface area contributed by atoms with E-state index in [2.05, 4.69) is 21.9 Å². The van der Waals surface area contributed by atoms with Crippen LogP contribution >= 0.6 is 0 Å². The maximum atomic E-state index is 13.3. The molecule has 0 saturated carbocycles. The molecule has 6 heteroatoms. The molecule has 4 aliphatic rings. The van der Waals surface area contributed by atoms with Gasteiger partial charge in [-0.05, 0) is 55.6 Å². The number of hydrogen-bond donors (Lipinski definition) is 0. The monoisotopic (exact) mass is 382 g/mol.